The Labute approximate surface area is 80.6 Å². The molecule has 0 spiro atoms. The molecule has 13 heavy (non-hydrogen) atoms. The molecule has 1 aliphatic rings. The van der Waals surface area contributed by atoms with Gasteiger partial charge in [-0.3, -0.25) is 0 Å². The van der Waals surface area contributed by atoms with Crippen LogP contribution in [0.25, 0.3) is 0 Å². The Kier molecular flexibility index (Phi) is 4.27. The maximum atomic E-state index is 5.68. The zero-order valence-corrected chi connectivity index (χ0v) is 8.45. The molecule has 0 aromatic rings. The predicted octanol–water partition coefficient (Wildman–Crippen LogP) is 2.19. The predicted molar refractivity (Wildman–Crippen MR) is 52.1 cm³/mol. The van der Waals surface area contributed by atoms with Crippen LogP contribution in [0.2, 0.25) is 0 Å². The third kappa shape index (κ3) is 3.38. The average molecular weight is 182 g/mol. The lowest BCUT2D eigenvalue weighted by Gasteiger charge is -2.27. The quantitative estimate of drug-likeness (QED) is 0.623. The molecule has 3 atom stereocenters. The van der Waals surface area contributed by atoms with E-state index in [0.717, 1.165) is 19.4 Å². The summed E-state index contributed by atoms with van der Waals surface area (Å²) in [6.07, 6.45) is 8.72. The molecule has 0 aromatic carbocycles. The van der Waals surface area contributed by atoms with Crippen LogP contribution in [-0.2, 0) is 9.47 Å². The van der Waals surface area contributed by atoms with E-state index in [-0.39, 0.29) is 18.3 Å². The molecule has 0 amide bonds. The van der Waals surface area contributed by atoms with Crippen molar-refractivity contribution in [3.05, 3.63) is 0 Å². The normalized spacial score (nSPS) is 27.6. The van der Waals surface area contributed by atoms with E-state index >= 15 is 0 Å². The topological polar surface area (TPSA) is 18.5 Å². The summed E-state index contributed by atoms with van der Waals surface area (Å²) >= 11 is 0. The first-order chi connectivity index (χ1) is 6.24. The Hall–Kier alpha value is -0.520. The Morgan fingerprint density at radius 2 is 2.23 bits per heavy atom. The van der Waals surface area contributed by atoms with Gasteiger partial charge < -0.3 is 9.47 Å². The number of rotatable bonds is 3. The summed E-state index contributed by atoms with van der Waals surface area (Å²) in [5.41, 5.74) is 0. The lowest BCUT2D eigenvalue weighted by Crippen LogP contribution is -2.29. The van der Waals surface area contributed by atoms with Gasteiger partial charge in [0.2, 0.25) is 0 Å². The Bertz CT molecular complexity index is 177. The first-order valence-electron chi connectivity index (χ1n) is 4.97. The summed E-state index contributed by atoms with van der Waals surface area (Å²) in [6, 6.07) is 0. The van der Waals surface area contributed by atoms with Crippen molar-refractivity contribution in [3.63, 3.8) is 0 Å². The van der Waals surface area contributed by atoms with Crippen molar-refractivity contribution < 1.29 is 9.47 Å². The lowest BCUT2D eigenvalue weighted by atomic mass is 10.1. The summed E-state index contributed by atoms with van der Waals surface area (Å²) in [4.78, 5) is 0. The second-order valence-corrected chi connectivity index (χ2v) is 3.59. The fourth-order valence-corrected chi connectivity index (χ4v) is 1.31. The van der Waals surface area contributed by atoms with Crippen LogP contribution in [0.4, 0.5) is 0 Å². The second-order valence-electron chi connectivity index (χ2n) is 3.59. The molecule has 1 rings (SSSR count). The van der Waals surface area contributed by atoms with E-state index in [9.17, 15) is 0 Å². The van der Waals surface area contributed by atoms with Gasteiger partial charge in [0, 0.05) is 12.5 Å². The van der Waals surface area contributed by atoms with Gasteiger partial charge in [0.15, 0.2) is 6.29 Å². The highest BCUT2D eigenvalue weighted by Gasteiger charge is 2.19. The monoisotopic (exact) mass is 182 g/mol. The fourth-order valence-electron chi connectivity index (χ4n) is 1.31. The smallest absolute Gasteiger partial charge is 0.157 e. The van der Waals surface area contributed by atoms with Crippen LogP contribution in [0.5, 0.6) is 0 Å². The highest BCUT2D eigenvalue weighted by atomic mass is 16.7. The van der Waals surface area contributed by atoms with Crippen LogP contribution in [0, 0.1) is 18.3 Å². The zero-order valence-electron chi connectivity index (χ0n) is 8.45. The summed E-state index contributed by atoms with van der Waals surface area (Å²) in [5, 5.41) is 0. The SMILES string of the molecule is C#C[C@@H](C)[C@@H](C)OC1CCCCO1. The standard InChI is InChI=1S/C11H18O2/c1-4-9(2)10(3)13-11-7-5-6-8-12-11/h1,9-11H,5-8H2,2-3H3/t9-,10-,11?/m1/s1. The van der Waals surface area contributed by atoms with Crippen LogP contribution in [0.15, 0.2) is 0 Å². The largest absolute Gasteiger partial charge is 0.353 e. The van der Waals surface area contributed by atoms with Crippen molar-refractivity contribution in [1.29, 1.82) is 0 Å². The van der Waals surface area contributed by atoms with Gasteiger partial charge in [-0.05, 0) is 33.1 Å². The molecular formula is C11H18O2. The maximum absolute atomic E-state index is 5.68. The van der Waals surface area contributed by atoms with E-state index in [1.54, 1.807) is 0 Å². The van der Waals surface area contributed by atoms with Crippen molar-refractivity contribution in [1.82, 2.24) is 0 Å². The molecular weight excluding hydrogens is 164 g/mol. The summed E-state index contributed by atoms with van der Waals surface area (Å²) in [5.74, 6) is 2.83. The van der Waals surface area contributed by atoms with Crippen molar-refractivity contribution in [2.45, 2.75) is 45.5 Å². The minimum atomic E-state index is -0.0282. The molecule has 0 bridgehead atoms. The van der Waals surface area contributed by atoms with E-state index in [1.165, 1.54) is 6.42 Å². The summed E-state index contributed by atoms with van der Waals surface area (Å²) in [6.45, 7) is 4.82. The van der Waals surface area contributed by atoms with Gasteiger partial charge in [-0.25, -0.2) is 0 Å². The molecule has 1 heterocycles. The molecule has 74 valence electrons. The minimum absolute atomic E-state index is 0.0282. The maximum Gasteiger partial charge on any atom is 0.157 e. The van der Waals surface area contributed by atoms with Gasteiger partial charge in [-0.1, -0.05) is 0 Å². The first kappa shape index (κ1) is 10.6. The van der Waals surface area contributed by atoms with Gasteiger partial charge in [-0.2, -0.15) is 0 Å². The summed E-state index contributed by atoms with van der Waals surface area (Å²) < 4.78 is 11.1. The number of hydrogen-bond acceptors (Lipinski definition) is 2. The number of hydrogen-bond donors (Lipinski definition) is 0. The molecule has 0 radical (unpaired) electrons. The zero-order chi connectivity index (χ0) is 9.68. The Morgan fingerprint density at radius 1 is 1.46 bits per heavy atom. The second kappa shape index (κ2) is 5.26. The van der Waals surface area contributed by atoms with Crippen LogP contribution >= 0.6 is 0 Å². The fraction of sp³-hybridized carbons (Fsp3) is 0.818. The molecule has 1 fully saturated rings. The Balaban J connectivity index is 2.26. The van der Waals surface area contributed by atoms with Crippen molar-refractivity contribution >= 4 is 0 Å². The molecule has 1 unspecified atom stereocenters. The molecule has 1 aliphatic heterocycles. The van der Waals surface area contributed by atoms with Crippen LogP contribution < -0.4 is 0 Å². The lowest BCUT2D eigenvalue weighted by molar-refractivity contribution is -0.189. The highest BCUT2D eigenvalue weighted by molar-refractivity contribution is 4.93. The third-order valence-electron chi connectivity index (χ3n) is 2.47. The van der Waals surface area contributed by atoms with Crippen LogP contribution in [0.1, 0.15) is 33.1 Å². The van der Waals surface area contributed by atoms with Gasteiger partial charge in [-0.15, -0.1) is 12.3 Å². The molecule has 0 N–H and O–H groups in total. The van der Waals surface area contributed by atoms with Gasteiger partial charge in [0.1, 0.15) is 0 Å². The number of ether oxygens (including phenoxy) is 2. The minimum Gasteiger partial charge on any atom is -0.353 e. The van der Waals surface area contributed by atoms with E-state index < -0.39 is 0 Å². The van der Waals surface area contributed by atoms with Crippen molar-refractivity contribution in [2.75, 3.05) is 6.61 Å². The molecule has 0 saturated carbocycles. The molecule has 2 heteroatoms. The van der Waals surface area contributed by atoms with E-state index in [2.05, 4.69) is 5.92 Å². The highest BCUT2D eigenvalue weighted by Crippen LogP contribution is 2.17. The van der Waals surface area contributed by atoms with Crippen molar-refractivity contribution in [2.24, 2.45) is 5.92 Å². The first-order valence-corrected chi connectivity index (χ1v) is 4.97. The van der Waals surface area contributed by atoms with E-state index in [1.807, 2.05) is 13.8 Å². The molecule has 0 aromatic heterocycles. The van der Waals surface area contributed by atoms with E-state index in [4.69, 9.17) is 15.9 Å². The van der Waals surface area contributed by atoms with Crippen LogP contribution in [0.3, 0.4) is 0 Å². The molecule has 2 nitrogen and oxygen atoms in total. The number of terminal acetylenes is 1. The van der Waals surface area contributed by atoms with Gasteiger partial charge in [0.05, 0.1) is 6.10 Å². The Morgan fingerprint density at radius 3 is 2.77 bits per heavy atom. The van der Waals surface area contributed by atoms with Gasteiger partial charge in [0.25, 0.3) is 0 Å². The molecule has 0 aliphatic carbocycles. The van der Waals surface area contributed by atoms with Crippen LogP contribution in [-0.4, -0.2) is 19.0 Å². The summed E-state index contributed by atoms with van der Waals surface area (Å²) in [7, 11) is 0. The van der Waals surface area contributed by atoms with E-state index in [0.29, 0.717) is 0 Å². The average Bonchev–Trinajstić information content (AvgIpc) is 2.18. The van der Waals surface area contributed by atoms with Crippen molar-refractivity contribution in [3.8, 4) is 12.3 Å². The third-order valence-corrected chi connectivity index (χ3v) is 2.47. The van der Waals surface area contributed by atoms with Gasteiger partial charge >= 0.3 is 0 Å². The molecule has 1 saturated heterocycles.